The molecular formula is C17H25N3S. The molecule has 0 aromatic heterocycles. The quantitative estimate of drug-likeness (QED) is 0.926. The minimum Gasteiger partial charge on any atom is -0.357 e. The van der Waals surface area contributed by atoms with Crippen molar-refractivity contribution in [2.45, 2.75) is 32.4 Å². The van der Waals surface area contributed by atoms with Gasteiger partial charge in [0.25, 0.3) is 0 Å². The molecule has 3 rings (SSSR count). The Kier molecular flexibility index (Phi) is 4.86. The summed E-state index contributed by atoms with van der Waals surface area (Å²) in [4.78, 5) is 7.38. The van der Waals surface area contributed by atoms with Gasteiger partial charge in [-0.05, 0) is 38.3 Å². The largest absolute Gasteiger partial charge is 0.357 e. The van der Waals surface area contributed by atoms with Crippen LogP contribution in [0.5, 0.6) is 0 Å². The summed E-state index contributed by atoms with van der Waals surface area (Å²) in [5.41, 5.74) is 1.36. The summed E-state index contributed by atoms with van der Waals surface area (Å²) in [6.45, 7) is 7.99. The Morgan fingerprint density at radius 1 is 1.33 bits per heavy atom. The lowest BCUT2D eigenvalue weighted by molar-refractivity contribution is 0.266. The van der Waals surface area contributed by atoms with Crippen molar-refractivity contribution in [2.75, 3.05) is 25.4 Å². The second kappa shape index (κ2) is 6.84. The van der Waals surface area contributed by atoms with Gasteiger partial charge in [0.15, 0.2) is 5.17 Å². The molecule has 0 radical (unpaired) electrons. The van der Waals surface area contributed by atoms with Crippen LogP contribution in [0.4, 0.5) is 0 Å². The van der Waals surface area contributed by atoms with Gasteiger partial charge in [0, 0.05) is 24.9 Å². The van der Waals surface area contributed by atoms with Gasteiger partial charge in [0.05, 0.1) is 6.04 Å². The minimum absolute atomic E-state index is 0.422. The standard InChI is InChI=1S/C17H25N3S/c1-13(2)20-9-8-14(11-20)10-18-17-19-16(12-21-17)15-6-4-3-5-7-15/h3-7,13-14,16H,8-12H2,1-2H3,(H,18,19). The van der Waals surface area contributed by atoms with Crippen LogP contribution in [0.2, 0.25) is 0 Å². The Morgan fingerprint density at radius 2 is 2.14 bits per heavy atom. The molecule has 2 fully saturated rings. The Labute approximate surface area is 132 Å². The van der Waals surface area contributed by atoms with Gasteiger partial charge >= 0.3 is 0 Å². The van der Waals surface area contributed by atoms with E-state index in [9.17, 15) is 0 Å². The number of likely N-dealkylation sites (tertiary alicyclic amines) is 1. The van der Waals surface area contributed by atoms with Gasteiger partial charge in [-0.25, -0.2) is 0 Å². The third kappa shape index (κ3) is 3.80. The van der Waals surface area contributed by atoms with Crippen molar-refractivity contribution in [3.05, 3.63) is 35.9 Å². The monoisotopic (exact) mass is 303 g/mol. The molecular weight excluding hydrogens is 278 g/mol. The van der Waals surface area contributed by atoms with E-state index in [1.807, 2.05) is 11.8 Å². The van der Waals surface area contributed by atoms with Gasteiger partial charge in [0.2, 0.25) is 0 Å². The van der Waals surface area contributed by atoms with Crippen LogP contribution in [0.1, 0.15) is 31.9 Å². The second-order valence-corrected chi connectivity index (χ2v) is 7.32. The van der Waals surface area contributed by atoms with Crippen molar-refractivity contribution < 1.29 is 0 Å². The first kappa shape index (κ1) is 14.9. The molecule has 0 spiro atoms. The number of amidine groups is 1. The maximum Gasteiger partial charge on any atom is 0.157 e. The molecule has 2 unspecified atom stereocenters. The van der Waals surface area contributed by atoms with Crippen LogP contribution in [0.15, 0.2) is 35.3 Å². The fourth-order valence-electron chi connectivity index (χ4n) is 3.04. The van der Waals surface area contributed by atoms with Crippen molar-refractivity contribution in [3.63, 3.8) is 0 Å². The van der Waals surface area contributed by atoms with E-state index >= 15 is 0 Å². The first-order valence-corrected chi connectivity index (χ1v) is 8.93. The molecule has 2 aliphatic rings. The summed E-state index contributed by atoms with van der Waals surface area (Å²) in [6, 6.07) is 11.8. The lowest BCUT2D eigenvalue weighted by Gasteiger charge is -2.19. The van der Waals surface area contributed by atoms with E-state index in [0.717, 1.165) is 23.4 Å². The van der Waals surface area contributed by atoms with Crippen molar-refractivity contribution in [1.82, 2.24) is 10.2 Å². The van der Waals surface area contributed by atoms with Gasteiger partial charge in [-0.1, -0.05) is 42.1 Å². The molecule has 1 N–H and O–H groups in total. The van der Waals surface area contributed by atoms with Gasteiger partial charge < -0.3 is 10.2 Å². The highest BCUT2D eigenvalue weighted by atomic mass is 32.2. The molecule has 1 aromatic carbocycles. The Morgan fingerprint density at radius 3 is 2.86 bits per heavy atom. The number of hydrogen-bond acceptors (Lipinski definition) is 3. The van der Waals surface area contributed by atoms with Crippen LogP contribution >= 0.6 is 11.8 Å². The topological polar surface area (TPSA) is 27.6 Å². The molecule has 2 atom stereocenters. The van der Waals surface area contributed by atoms with E-state index in [2.05, 4.69) is 54.4 Å². The number of nitrogens with one attached hydrogen (secondary N) is 1. The number of thioether (sulfide) groups is 1. The molecule has 0 aliphatic carbocycles. The fourth-order valence-corrected chi connectivity index (χ4v) is 4.04. The predicted molar refractivity (Wildman–Crippen MR) is 91.9 cm³/mol. The normalized spacial score (nSPS) is 28.4. The molecule has 2 heterocycles. The van der Waals surface area contributed by atoms with Gasteiger partial charge in [0.1, 0.15) is 0 Å². The smallest absolute Gasteiger partial charge is 0.157 e. The molecule has 3 nitrogen and oxygen atoms in total. The Bertz CT molecular complexity index is 486. The summed E-state index contributed by atoms with van der Waals surface area (Å²) in [5, 5.41) is 4.70. The van der Waals surface area contributed by atoms with E-state index in [-0.39, 0.29) is 0 Å². The maximum atomic E-state index is 4.82. The number of rotatable bonds is 4. The predicted octanol–water partition coefficient (Wildman–Crippen LogP) is 3.15. The van der Waals surface area contributed by atoms with Crippen molar-refractivity contribution >= 4 is 16.9 Å². The van der Waals surface area contributed by atoms with E-state index in [4.69, 9.17) is 4.99 Å². The summed E-state index contributed by atoms with van der Waals surface area (Å²) >= 11 is 1.86. The average molecular weight is 303 g/mol. The van der Waals surface area contributed by atoms with Crippen LogP contribution in [-0.4, -0.2) is 41.5 Å². The highest BCUT2D eigenvalue weighted by Crippen LogP contribution is 2.26. The lowest BCUT2D eigenvalue weighted by Crippen LogP contribution is -2.28. The zero-order valence-corrected chi connectivity index (χ0v) is 13.8. The SMILES string of the molecule is CC(C)N1CCC(CN=C2NC(c3ccccc3)CS2)C1. The van der Waals surface area contributed by atoms with Crippen LogP contribution in [0, 0.1) is 5.92 Å². The third-order valence-electron chi connectivity index (χ3n) is 4.43. The number of benzene rings is 1. The Balaban J connectivity index is 1.50. The van der Waals surface area contributed by atoms with Crippen LogP contribution in [0.25, 0.3) is 0 Å². The van der Waals surface area contributed by atoms with Crippen molar-refractivity contribution in [3.8, 4) is 0 Å². The first-order valence-electron chi connectivity index (χ1n) is 7.95. The van der Waals surface area contributed by atoms with E-state index in [1.54, 1.807) is 0 Å². The Hall–Kier alpha value is -1.00. The summed E-state index contributed by atoms with van der Waals surface area (Å²) in [6.07, 6.45) is 1.29. The highest BCUT2D eigenvalue weighted by Gasteiger charge is 2.25. The van der Waals surface area contributed by atoms with E-state index < -0.39 is 0 Å². The molecule has 0 bridgehead atoms. The van der Waals surface area contributed by atoms with E-state index in [1.165, 1.54) is 25.1 Å². The van der Waals surface area contributed by atoms with Gasteiger partial charge in [-0.15, -0.1) is 0 Å². The maximum absolute atomic E-state index is 4.82. The van der Waals surface area contributed by atoms with Crippen LogP contribution < -0.4 is 5.32 Å². The van der Waals surface area contributed by atoms with Gasteiger partial charge in [-0.3, -0.25) is 4.99 Å². The molecule has 1 aromatic rings. The molecule has 21 heavy (non-hydrogen) atoms. The number of hydrogen-bond donors (Lipinski definition) is 1. The minimum atomic E-state index is 0.422. The van der Waals surface area contributed by atoms with Crippen LogP contribution in [0.3, 0.4) is 0 Å². The third-order valence-corrected chi connectivity index (χ3v) is 5.45. The zero-order chi connectivity index (χ0) is 14.7. The second-order valence-electron chi connectivity index (χ2n) is 6.31. The number of aliphatic imine (C=N–C) groups is 1. The molecule has 114 valence electrons. The summed E-state index contributed by atoms with van der Waals surface area (Å²) in [7, 11) is 0. The molecule has 2 saturated heterocycles. The molecule has 2 aliphatic heterocycles. The number of nitrogens with zero attached hydrogens (tertiary/aromatic N) is 2. The lowest BCUT2D eigenvalue weighted by atomic mass is 10.1. The highest BCUT2D eigenvalue weighted by molar-refractivity contribution is 8.14. The summed E-state index contributed by atoms with van der Waals surface area (Å²) < 4.78 is 0. The first-order chi connectivity index (χ1) is 10.2. The molecule has 0 amide bonds. The fraction of sp³-hybridized carbons (Fsp3) is 0.588. The van der Waals surface area contributed by atoms with Gasteiger partial charge in [-0.2, -0.15) is 0 Å². The van der Waals surface area contributed by atoms with Crippen molar-refractivity contribution in [2.24, 2.45) is 10.9 Å². The molecule has 0 saturated carbocycles. The zero-order valence-electron chi connectivity index (χ0n) is 13.0. The van der Waals surface area contributed by atoms with Crippen molar-refractivity contribution in [1.29, 1.82) is 0 Å². The summed E-state index contributed by atoms with van der Waals surface area (Å²) in [5.74, 6) is 1.82. The molecule has 4 heteroatoms. The average Bonchev–Trinajstić information content (AvgIpc) is 3.15. The van der Waals surface area contributed by atoms with E-state index in [0.29, 0.717) is 12.1 Å². The van der Waals surface area contributed by atoms with Crippen LogP contribution in [-0.2, 0) is 0 Å².